The van der Waals surface area contributed by atoms with Crippen LogP contribution in [0.15, 0.2) is 82.4 Å². The van der Waals surface area contributed by atoms with Gasteiger partial charge in [-0.05, 0) is 72.6 Å². The molecule has 3 aromatic carbocycles. The molecule has 7 heteroatoms. The lowest BCUT2D eigenvalue weighted by molar-refractivity contribution is -0.123. The SMILES string of the molecule is Cc1ccccc1OCC(=O)N/N=C/c1ccc(OC(=O)c2ccc(Br)cc2)cc1. The summed E-state index contributed by atoms with van der Waals surface area (Å²) in [6, 6.07) is 21.1. The number of hydrogen-bond acceptors (Lipinski definition) is 5. The molecule has 152 valence electrons. The maximum Gasteiger partial charge on any atom is 0.343 e. The molecule has 0 heterocycles. The van der Waals surface area contributed by atoms with E-state index in [-0.39, 0.29) is 12.5 Å². The van der Waals surface area contributed by atoms with Gasteiger partial charge in [-0.1, -0.05) is 34.1 Å². The van der Waals surface area contributed by atoms with Crippen molar-refractivity contribution in [3.8, 4) is 11.5 Å². The number of amides is 1. The first-order valence-electron chi connectivity index (χ1n) is 9.09. The van der Waals surface area contributed by atoms with Crippen molar-refractivity contribution in [3.05, 3.63) is 94.0 Å². The van der Waals surface area contributed by atoms with Gasteiger partial charge in [0.15, 0.2) is 6.61 Å². The Kier molecular flexibility index (Phi) is 7.34. The second-order valence-corrected chi connectivity index (χ2v) is 7.23. The average molecular weight is 467 g/mol. The first-order valence-corrected chi connectivity index (χ1v) is 9.89. The van der Waals surface area contributed by atoms with Crippen LogP contribution in [0.1, 0.15) is 21.5 Å². The molecule has 0 aromatic heterocycles. The molecule has 0 fully saturated rings. The molecule has 0 saturated carbocycles. The Morgan fingerprint density at radius 1 is 1.00 bits per heavy atom. The van der Waals surface area contributed by atoms with E-state index in [0.29, 0.717) is 17.1 Å². The lowest BCUT2D eigenvalue weighted by Crippen LogP contribution is -2.24. The summed E-state index contributed by atoms with van der Waals surface area (Å²) in [7, 11) is 0. The van der Waals surface area contributed by atoms with Crippen molar-refractivity contribution < 1.29 is 19.1 Å². The minimum atomic E-state index is -0.440. The summed E-state index contributed by atoms with van der Waals surface area (Å²) in [5.41, 5.74) is 4.56. The lowest BCUT2D eigenvalue weighted by Gasteiger charge is -2.07. The minimum Gasteiger partial charge on any atom is -0.483 e. The zero-order chi connectivity index (χ0) is 21.3. The number of benzene rings is 3. The number of aryl methyl sites for hydroxylation is 1. The molecule has 1 amide bonds. The molecule has 3 aromatic rings. The summed E-state index contributed by atoms with van der Waals surface area (Å²) in [5, 5.41) is 3.91. The zero-order valence-corrected chi connectivity index (χ0v) is 17.8. The monoisotopic (exact) mass is 466 g/mol. The van der Waals surface area contributed by atoms with Crippen LogP contribution in [-0.2, 0) is 4.79 Å². The van der Waals surface area contributed by atoms with Crippen LogP contribution in [0, 0.1) is 6.92 Å². The predicted molar refractivity (Wildman–Crippen MR) is 118 cm³/mol. The number of halogens is 1. The van der Waals surface area contributed by atoms with E-state index in [1.54, 1.807) is 54.6 Å². The van der Waals surface area contributed by atoms with Gasteiger partial charge in [-0.2, -0.15) is 5.10 Å². The average Bonchev–Trinajstić information content (AvgIpc) is 2.75. The highest BCUT2D eigenvalue weighted by atomic mass is 79.9. The van der Waals surface area contributed by atoms with Crippen molar-refractivity contribution in [1.82, 2.24) is 5.43 Å². The summed E-state index contributed by atoms with van der Waals surface area (Å²) < 4.78 is 11.7. The summed E-state index contributed by atoms with van der Waals surface area (Å²) >= 11 is 3.32. The van der Waals surface area contributed by atoms with Gasteiger partial charge in [-0.3, -0.25) is 4.79 Å². The van der Waals surface area contributed by atoms with E-state index in [4.69, 9.17) is 9.47 Å². The summed E-state index contributed by atoms with van der Waals surface area (Å²) in [6.07, 6.45) is 1.49. The number of hydrogen-bond donors (Lipinski definition) is 1. The first kappa shape index (κ1) is 21.3. The normalized spacial score (nSPS) is 10.6. The number of esters is 1. The van der Waals surface area contributed by atoms with Gasteiger partial charge in [-0.25, -0.2) is 10.2 Å². The molecule has 30 heavy (non-hydrogen) atoms. The Morgan fingerprint density at radius 2 is 1.70 bits per heavy atom. The molecule has 1 N–H and O–H groups in total. The third-order valence-corrected chi connectivity index (χ3v) is 4.55. The highest BCUT2D eigenvalue weighted by Gasteiger charge is 2.08. The van der Waals surface area contributed by atoms with Crippen LogP contribution in [0.3, 0.4) is 0 Å². The first-order chi connectivity index (χ1) is 14.5. The van der Waals surface area contributed by atoms with E-state index in [1.807, 2.05) is 25.1 Å². The Labute approximate surface area is 182 Å². The molecule has 6 nitrogen and oxygen atoms in total. The molecule has 0 aliphatic carbocycles. The quantitative estimate of drug-likeness (QED) is 0.240. The minimum absolute atomic E-state index is 0.132. The van der Waals surface area contributed by atoms with Gasteiger partial charge in [0.2, 0.25) is 0 Å². The highest BCUT2D eigenvalue weighted by molar-refractivity contribution is 9.10. The molecule has 0 unspecified atom stereocenters. The molecule has 0 saturated heterocycles. The fourth-order valence-electron chi connectivity index (χ4n) is 2.45. The maximum atomic E-state index is 12.1. The van der Waals surface area contributed by atoms with Crippen molar-refractivity contribution in [1.29, 1.82) is 0 Å². The van der Waals surface area contributed by atoms with E-state index in [9.17, 15) is 9.59 Å². The zero-order valence-electron chi connectivity index (χ0n) is 16.2. The number of carbonyl (C=O) groups is 2. The fraction of sp³-hybridized carbons (Fsp3) is 0.0870. The van der Waals surface area contributed by atoms with Crippen molar-refractivity contribution in [2.24, 2.45) is 5.10 Å². The van der Waals surface area contributed by atoms with E-state index in [0.717, 1.165) is 15.6 Å². The Balaban J connectivity index is 1.47. The third kappa shape index (κ3) is 6.28. The molecule has 0 aliphatic heterocycles. The van der Waals surface area contributed by atoms with Crippen LogP contribution in [0.5, 0.6) is 11.5 Å². The van der Waals surface area contributed by atoms with Crippen LogP contribution >= 0.6 is 15.9 Å². The summed E-state index contributed by atoms with van der Waals surface area (Å²) in [6.45, 7) is 1.78. The van der Waals surface area contributed by atoms with Crippen LogP contribution < -0.4 is 14.9 Å². The van der Waals surface area contributed by atoms with Crippen LogP contribution in [0.25, 0.3) is 0 Å². The molecular weight excluding hydrogens is 448 g/mol. The number of nitrogens with zero attached hydrogens (tertiary/aromatic N) is 1. The second-order valence-electron chi connectivity index (χ2n) is 6.31. The smallest absolute Gasteiger partial charge is 0.343 e. The van der Waals surface area contributed by atoms with Gasteiger partial charge in [0.25, 0.3) is 5.91 Å². The van der Waals surface area contributed by atoms with Gasteiger partial charge >= 0.3 is 5.97 Å². The number of para-hydroxylation sites is 1. The molecule has 3 rings (SSSR count). The van der Waals surface area contributed by atoms with Gasteiger partial charge in [0.05, 0.1) is 11.8 Å². The molecule has 0 atom stereocenters. The van der Waals surface area contributed by atoms with E-state index >= 15 is 0 Å². The van der Waals surface area contributed by atoms with Crippen molar-refractivity contribution in [3.63, 3.8) is 0 Å². The summed E-state index contributed by atoms with van der Waals surface area (Å²) in [4.78, 5) is 24.0. The van der Waals surface area contributed by atoms with Crippen LogP contribution in [0.4, 0.5) is 0 Å². The third-order valence-electron chi connectivity index (χ3n) is 4.03. The molecule has 0 radical (unpaired) electrons. The number of carbonyl (C=O) groups excluding carboxylic acids is 2. The number of rotatable bonds is 7. The van der Waals surface area contributed by atoms with E-state index < -0.39 is 5.97 Å². The van der Waals surface area contributed by atoms with E-state index in [1.165, 1.54) is 6.21 Å². The van der Waals surface area contributed by atoms with Gasteiger partial charge in [-0.15, -0.1) is 0 Å². The number of ether oxygens (including phenoxy) is 2. The van der Waals surface area contributed by atoms with Crippen LogP contribution in [0.2, 0.25) is 0 Å². The number of nitrogens with one attached hydrogen (secondary N) is 1. The Morgan fingerprint density at radius 3 is 2.40 bits per heavy atom. The lowest BCUT2D eigenvalue weighted by atomic mass is 10.2. The predicted octanol–water partition coefficient (Wildman–Crippen LogP) is 4.51. The van der Waals surface area contributed by atoms with Crippen molar-refractivity contribution >= 4 is 34.0 Å². The Bertz CT molecular complexity index is 1050. The Hall–Kier alpha value is -3.45. The van der Waals surface area contributed by atoms with E-state index in [2.05, 4.69) is 26.5 Å². The van der Waals surface area contributed by atoms with Gasteiger partial charge in [0, 0.05) is 4.47 Å². The molecule has 0 bridgehead atoms. The second kappa shape index (κ2) is 10.4. The van der Waals surface area contributed by atoms with Crippen molar-refractivity contribution in [2.75, 3.05) is 6.61 Å². The van der Waals surface area contributed by atoms with Crippen LogP contribution in [-0.4, -0.2) is 24.7 Å². The summed E-state index contributed by atoms with van der Waals surface area (Å²) in [5.74, 6) is 0.264. The largest absolute Gasteiger partial charge is 0.483 e. The molecule has 0 aliphatic rings. The number of hydrazone groups is 1. The van der Waals surface area contributed by atoms with Crippen molar-refractivity contribution in [2.45, 2.75) is 6.92 Å². The standard InChI is InChI=1S/C23H19BrN2O4/c1-16-4-2-3-5-21(16)29-15-22(27)26-25-14-17-6-12-20(13-7-17)30-23(28)18-8-10-19(24)11-9-18/h2-14H,15H2,1H3,(H,26,27)/b25-14+. The highest BCUT2D eigenvalue weighted by Crippen LogP contribution is 2.16. The molecular formula is C23H19BrN2O4. The maximum absolute atomic E-state index is 12.1. The topological polar surface area (TPSA) is 77.0 Å². The van der Waals surface area contributed by atoms with Gasteiger partial charge in [0.1, 0.15) is 11.5 Å². The van der Waals surface area contributed by atoms with Gasteiger partial charge < -0.3 is 9.47 Å². The molecule has 0 spiro atoms. The fourth-order valence-corrected chi connectivity index (χ4v) is 2.71.